The van der Waals surface area contributed by atoms with Gasteiger partial charge in [-0.15, -0.1) is 0 Å². The number of oxazole rings is 1. The quantitative estimate of drug-likeness (QED) is 0.785. The molecule has 106 valence electrons. The third-order valence-corrected chi connectivity index (χ3v) is 3.03. The molecule has 1 aromatic carbocycles. The number of carbonyl (C=O) groups excluding carboxylic acids is 1. The standard InChI is InChI=1S/C15H17NO4/c1-10(8-14(17)19-3)15-16-13(9-20-15)11-4-6-12(18-2)7-5-11/h4-7,9-10H,8H2,1-3H3. The summed E-state index contributed by atoms with van der Waals surface area (Å²) in [4.78, 5) is 15.6. The van der Waals surface area contributed by atoms with E-state index in [4.69, 9.17) is 9.15 Å². The van der Waals surface area contributed by atoms with E-state index in [1.54, 1.807) is 13.4 Å². The monoisotopic (exact) mass is 275 g/mol. The first-order chi connectivity index (χ1) is 9.63. The average Bonchev–Trinajstić information content (AvgIpc) is 2.97. The van der Waals surface area contributed by atoms with E-state index < -0.39 is 0 Å². The summed E-state index contributed by atoms with van der Waals surface area (Å²) < 4.78 is 15.2. The third kappa shape index (κ3) is 3.17. The molecule has 1 atom stereocenters. The van der Waals surface area contributed by atoms with Crippen molar-refractivity contribution in [1.82, 2.24) is 4.98 Å². The summed E-state index contributed by atoms with van der Waals surface area (Å²) in [5, 5.41) is 0. The summed E-state index contributed by atoms with van der Waals surface area (Å²) in [5.41, 5.74) is 1.67. The van der Waals surface area contributed by atoms with E-state index in [1.165, 1.54) is 7.11 Å². The van der Waals surface area contributed by atoms with Crippen LogP contribution < -0.4 is 4.74 Å². The van der Waals surface area contributed by atoms with Crippen molar-refractivity contribution in [3.05, 3.63) is 36.4 Å². The Labute approximate surface area is 117 Å². The van der Waals surface area contributed by atoms with Crippen LogP contribution in [-0.4, -0.2) is 25.2 Å². The van der Waals surface area contributed by atoms with Gasteiger partial charge in [-0.25, -0.2) is 4.98 Å². The van der Waals surface area contributed by atoms with Crippen molar-refractivity contribution >= 4 is 5.97 Å². The molecule has 0 aliphatic carbocycles. The summed E-state index contributed by atoms with van der Waals surface area (Å²) in [6.07, 6.45) is 1.84. The van der Waals surface area contributed by atoms with Gasteiger partial charge in [0, 0.05) is 11.5 Å². The number of hydrogen-bond acceptors (Lipinski definition) is 5. The van der Waals surface area contributed by atoms with Crippen molar-refractivity contribution in [2.24, 2.45) is 0 Å². The second-order valence-electron chi connectivity index (χ2n) is 4.48. The largest absolute Gasteiger partial charge is 0.497 e. The number of hydrogen-bond donors (Lipinski definition) is 0. The fourth-order valence-electron chi connectivity index (χ4n) is 1.83. The van der Waals surface area contributed by atoms with Crippen molar-refractivity contribution in [2.45, 2.75) is 19.3 Å². The molecule has 0 saturated carbocycles. The molecule has 2 rings (SSSR count). The van der Waals surface area contributed by atoms with Gasteiger partial charge in [0.25, 0.3) is 0 Å². The molecular weight excluding hydrogens is 258 g/mol. The molecule has 0 aliphatic rings. The minimum Gasteiger partial charge on any atom is -0.497 e. The topological polar surface area (TPSA) is 61.6 Å². The molecule has 0 radical (unpaired) electrons. The van der Waals surface area contributed by atoms with Crippen molar-refractivity contribution in [1.29, 1.82) is 0 Å². The van der Waals surface area contributed by atoms with Crippen LogP contribution in [0.25, 0.3) is 11.3 Å². The van der Waals surface area contributed by atoms with Gasteiger partial charge in [-0.1, -0.05) is 6.92 Å². The summed E-state index contributed by atoms with van der Waals surface area (Å²) >= 11 is 0. The van der Waals surface area contributed by atoms with Crippen LogP contribution in [0.2, 0.25) is 0 Å². The lowest BCUT2D eigenvalue weighted by Gasteiger charge is -2.04. The van der Waals surface area contributed by atoms with E-state index in [0.717, 1.165) is 17.0 Å². The van der Waals surface area contributed by atoms with Crippen LogP contribution in [0.1, 0.15) is 25.2 Å². The Hall–Kier alpha value is -2.30. The van der Waals surface area contributed by atoms with Crippen molar-refractivity contribution in [3.8, 4) is 17.0 Å². The van der Waals surface area contributed by atoms with E-state index in [2.05, 4.69) is 9.72 Å². The zero-order valence-electron chi connectivity index (χ0n) is 11.8. The molecule has 0 fully saturated rings. The van der Waals surface area contributed by atoms with Gasteiger partial charge in [0.05, 0.1) is 20.6 Å². The molecule has 2 aromatic rings. The highest BCUT2D eigenvalue weighted by atomic mass is 16.5. The van der Waals surface area contributed by atoms with E-state index in [0.29, 0.717) is 5.89 Å². The Balaban J connectivity index is 2.13. The Bertz CT molecular complexity index is 574. The van der Waals surface area contributed by atoms with Crippen LogP contribution in [0, 0.1) is 0 Å². The maximum Gasteiger partial charge on any atom is 0.306 e. The van der Waals surface area contributed by atoms with Crippen LogP contribution in [-0.2, 0) is 9.53 Å². The molecule has 1 aromatic heterocycles. The van der Waals surface area contributed by atoms with Crippen LogP contribution in [0.4, 0.5) is 0 Å². The second kappa shape index (κ2) is 6.23. The Morgan fingerprint density at radius 3 is 2.60 bits per heavy atom. The highest BCUT2D eigenvalue weighted by molar-refractivity contribution is 5.70. The lowest BCUT2D eigenvalue weighted by Crippen LogP contribution is -2.06. The van der Waals surface area contributed by atoms with E-state index in [-0.39, 0.29) is 18.3 Å². The van der Waals surface area contributed by atoms with Gasteiger partial charge in [-0.2, -0.15) is 0 Å². The van der Waals surface area contributed by atoms with Crippen molar-refractivity contribution < 1.29 is 18.7 Å². The predicted octanol–water partition coefficient (Wildman–Crippen LogP) is 3.02. The van der Waals surface area contributed by atoms with E-state index in [1.807, 2.05) is 31.2 Å². The molecule has 0 aliphatic heterocycles. The maximum atomic E-state index is 11.2. The van der Waals surface area contributed by atoms with Gasteiger partial charge in [-0.05, 0) is 24.3 Å². The number of rotatable bonds is 5. The summed E-state index contributed by atoms with van der Waals surface area (Å²) in [5.74, 6) is 0.925. The summed E-state index contributed by atoms with van der Waals surface area (Å²) in [6.45, 7) is 1.88. The predicted molar refractivity (Wildman–Crippen MR) is 73.5 cm³/mol. The van der Waals surface area contributed by atoms with E-state index in [9.17, 15) is 4.79 Å². The molecule has 20 heavy (non-hydrogen) atoms. The Morgan fingerprint density at radius 2 is 2.00 bits per heavy atom. The molecule has 0 amide bonds. The molecule has 5 heteroatoms. The number of methoxy groups -OCH3 is 2. The summed E-state index contributed by atoms with van der Waals surface area (Å²) in [6, 6.07) is 7.54. The lowest BCUT2D eigenvalue weighted by molar-refractivity contribution is -0.141. The minimum atomic E-state index is -0.276. The minimum absolute atomic E-state index is 0.116. The number of esters is 1. The van der Waals surface area contributed by atoms with Gasteiger partial charge in [-0.3, -0.25) is 4.79 Å². The van der Waals surface area contributed by atoms with Gasteiger partial charge in [0.1, 0.15) is 17.7 Å². The molecule has 5 nitrogen and oxygen atoms in total. The van der Waals surface area contributed by atoms with Crippen LogP contribution >= 0.6 is 0 Å². The fraction of sp³-hybridized carbons (Fsp3) is 0.333. The molecule has 1 heterocycles. The van der Waals surface area contributed by atoms with Crippen molar-refractivity contribution in [3.63, 3.8) is 0 Å². The Kier molecular flexibility index (Phi) is 4.40. The highest BCUT2D eigenvalue weighted by Crippen LogP contribution is 2.25. The number of carbonyl (C=O) groups is 1. The molecule has 0 bridgehead atoms. The number of aromatic nitrogens is 1. The first-order valence-electron chi connectivity index (χ1n) is 6.30. The average molecular weight is 275 g/mol. The number of nitrogens with zero attached hydrogens (tertiary/aromatic N) is 1. The lowest BCUT2D eigenvalue weighted by atomic mass is 10.1. The van der Waals surface area contributed by atoms with Gasteiger partial charge < -0.3 is 13.9 Å². The van der Waals surface area contributed by atoms with Crippen molar-refractivity contribution in [2.75, 3.05) is 14.2 Å². The van der Waals surface area contributed by atoms with Gasteiger partial charge in [0.2, 0.25) is 0 Å². The van der Waals surface area contributed by atoms with Crippen LogP contribution in [0.3, 0.4) is 0 Å². The maximum absolute atomic E-state index is 11.2. The van der Waals surface area contributed by atoms with Gasteiger partial charge >= 0.3 is 5.97 Å². The third-order valence-electron chi connectivity index (χ3n) is 3.03. The zero-order valence-corrected chi connectivity index (χ0v) is 11.8. The second-order valence-corrected chi connectivity index (χ2v) is 4.48. The van der Waals surface area contributed by atoms with Gasteiger partial charge in [0.15, 0.2) is 5.89 Å². The SMILES string of the molecule is COC(=O)CC(C)c1nc(-c2ccc(OC)cc2)co1. The molecular formula is C15H17NO4. The molecule has 0 spiro atoms. The zero-order chi connectivity index (χ0) is 14.5. The number of ether oxygens (including phenoxy) is 2. The number of benzene rings is 1. The van der Waals surface area contributed by atoms with Crippen LogP contribution in [0.15, 0.2) is 34.9 Å². The first-order valence-corrected chi connectivity index (χ1v) is 6.30. The van der Waals surface area contributed by atoms with Crippen LogP contribution in [0.5, 0.6) is 5.75 Å². The fourth-order valence-corrected chi connectivity index (χ4v) is 1.83. The molecule has 1 unspecified atom stereocenters. The smallest absolute Gasteiger partial charge is 0.306 e. The highest BCUT2D eigenvalue weighted by Gasteiger charge is 2.17. The Morgan fingerprint density at radius 1 is 1.30 bits per heavy atom. The van der Waals surface area contributed by atoms with E-state index >= 15 is 0 Å². The normalized spacial score (nSPS) is 11.9. The summed E-state index contributed by atoms with van der Waals surface area (Å²) in [7, 11) is 2.99. The molecule has 0 saturated heterocycles. The molecule has 0 N–H and O–H groups in total. The first kappa shape index (κ1) is 14.1.